The number of hydrogen-bond acceptors (Lipinski definition) is 9. The van der Waals surface area contributed by atoms with Gasteiger partial charge in [-0.15, -0.1) is 21.8 Å². The third-order valence-electron chi connectivity index (χ3n) is 4.70. The van der Waals surface area contributed by atoms with Crippen molar-refractivity contribution >= 4 is 45.9 Å². The van der Waals surface area contributed by atoms with E-state index in [1.807, 2.05) is 24.3 Å². The van der Waals surface area contributed by atoms with Crippen LogP contribution in [-0.4, -0.2) is 32.7 Å². The molecule has 0 bridgehead atoms. The molecular formula is C20H16ClN7O2S. The van der Waals surface area contributed by atoms with Gasteiger partial charge in [-0.25, -0.2) is 4.98 Å². The zero-order valence-corrected chi connectivity index (χ0v) is 17.7. The largest absolute Gasteiger partial charge is 0.445 e. The summed E-state index contributed by atoms with van der Waals surface area (Å²) in [6.45, 7) is 1.45. The molecule has 5 rings (SSSR count). The van der Waals surface area contributed by atoms with Crippen molar-refractivity contribution in [3.63, 3.8) is 0 Å². The summed E-state index contributed by atoms with van der Waals surface area (Å²) >= 11 is 7.97. The average Bonchev–Trinajstić information content (AvgIpc) is 3.51. The second-order valence-corrected chi connectivity index (χ2v) is 8.36. The summed E-state index contributed by atoms with van der Waals surface area (Å²) in [6, 6.07) is 5.52. The highest BCUT2D eigenvalue weighted by atomic mass is 35.5. The number of halogens is 1. The number of benzene rings is 1. The molecule has 2 aliphatic rings. The molecular weight excluding hydrogens is 438 g/mol. The Balaban J connectivity index is 1.43. The first-order valence-corrected chi connectivity index (χ1v) is 10.6. The van der Waals surface area contributed by atoms with E-state index in [0.717, 1.165) is 22.5 Å². The number of rotatable bonds is 5. The Morgan fingerprint density at radius 2 is 2.10 bits per heavy atom. The number of oxazole rings is 1. The number of amides is 1. The van der Waals surface area contributed by atoms with Crippen molar-refractivity contribution in [2.24, 2.45) is 11.0 Å². The first kappa shape index (κ1) is 19.5. The van der Waals surface area contributed by atoms with Crippen molar-refractivity contribution in [3.05, 3.63) is 54.2 Å². The van der Waals surface area contributed by atoms with E-state index in [9.17, 15) is 4.79 Å². The maximum absolute atomic E-state index is 11.6. The minimum atomic E-state index is -0.286. The Hall–Kier alpha value is -3.50. The monoisotopic (exact) mass is 453 g/mol. The molecule has 0 radical (unpaired) electrons. The number of hydrazone groups is 1. The number of fused-ring (bicyclic) bond motifs is 1. The molecule has 2 aromatic heterocycles. The van der Waals surface area contributed by atoms with Crippen LogP contribution >= 0.6 is 22.9 Å². The molecule has 31 heavy (non-hydrogen) atoms. The van der Waals surface area contributed by atoms with E-state index in [-0.39, 0.29) is 17.2 Å². The van der Waals surface area contributed by atoms with Gasteiger partial charge in [-0.1, -0.05) is 11.3 Å². The van der Waals surface area contributed by atoms with Crippen LogP contribution in [0.3, 0.4) is 0 Å². The normalized spacial score (nSPS) is 19.3. The number of carbonyl (C=O) groups is 1. The summed E-state index contributed by atoms with van der Waals surface area (Å²) in [7, 11) is 0. The molecule has 0 spiro atoms. The summed E-state index contributed by atoms with van der Waals surface area (Å²) in [4.78, 5) is 15.8. The van der Waals surface area contributed by atoms with Crippen LogP contribution in [0.4, 0.5) is 10.8 Å². The van der Waals surface area contributed by atoms with Gasteiger partial charge < -0.3 is 15.1 Å². The molecule has 0 saturated carbocycles. The minimum absolute atomic E-state index is 0.000695. The lowest BCUT2D eigenvalue weighted by molar-refractivity contribution is -0.114. The van der Waals surface area contributed by atoms with Crippen molar-refractivity contribution < 1.29 is 9.21 Å². The number of hydrogen-bond donors (Lipinski definition) is 3. The van der Waals surface area contributed by atoms with Gasteiger partial charge in [-0.05, 0) is 30.4 Å². The third-order valence-corrected chi connectivity index (χ3v) is 6.09. The minimum Gasteiger partial charge on any atom is -0.445 e. The third kappa shape index (κ3) is 3.94. The van der Waals surface area contributed by atoms with E-state index in [2.05, 4.69) is 36.3 Å². The quantitative estimate of drug-likeness (QED) is 0.502. The zero-order valence-electron chi connectivity index (χ0n) is 16.2. The Bertz CT molecular complexity index is 1230. The fourth-order valence-corrected chi connectivity index (χ4v) is 4.41. The number of anilines is 2. The van der Waals surface area contributed by atoms with Gasteiger partial charge in [0.25, 0.3) is 0 Å². The molecule has 11 heteroatoms. The van der Waals surface area contributed by atoms with Crippen LogP contribution in [0, 0.1) is 5.92 Å². The van der Waals surface area contributed by atoms with E-state index in [1.54, 1.807) is 18.5 Å². The molecule has 1 aliphatic carbocycles. The number of nitrogens with one attached hydrogen (secondary N) is 3. The molecule has 0 fully saturated rings. The van der Waals surface area contributed by atoms with Crippen LogP contribution < -0.4 is 16.1 Å². The highest BCUT2D eigenvalue weighted by Crippen LogP contribution is 2.35. The van der Waals surface area contributed by atoms with E-state index in [0.29, 0.717) is 21.7 Å². The lowest BCUT2D eigenvalue weighted by Gasteiger charge is -2.22. The average molecular weight is 454 g/mol. The van der Waals surface area contributed by atoms with E-state index in [1.165, 1.54) is 24.5 Å². The smallest absolute Gasteiger partial charge is 0.225 e. The second kappa shape index (κ2) is 7.97. The number of carbonyl (C=O) groups excluding carboxylic acids is 1. The van der Waals surface area contributed by atoms with Crippen LogP contribution in [0.1, 0.15) is 6.92 Å². The Morgan fingerprint density at radius 3 is 2.90 bits per heavy atom. The van der Waals surface area contributed by atoms with Gasteiger partial charge in [-0.3, -0.25) is 10.2 Å². The molecule has 0 saturated heterocycles. The van der Waals surface area contributed by atoms with Crippen molar-refractivity contribution in [1.29, 1.82) is 0 Å². The van der Waals surface area contributed by atoms with Crippen LogP contribution in [0.5, 0.6) is 0 Å². The first-order chi connectivity index (χ1) is 15.1. The highest BCUT2D eigenvalue weighted by molar-refractivity contribution is 7.18. The molecule has 156 valence electrons. The maximum atomic E-state index is 11.6. The first-order valence-electron chi connectivity index (χ1n) is 9.35. The number of alkyl halides is 1. The molecule has 3 aromatic rings. The van der Waals surface area contributed by atoms with Gasteiger partial charge in [0.15, 0.2) is 0 Å². The summed E-state index contributed by atoms with van der Waals surface area (Å²) in [5.41, 5.74) is 6.84. The SMILES string of the molecule is CC(=O)Nc1cc(-c2ncco2)cc(-c2nnc(NC3=CC=C4NN=CC4C3Cl)s2)c1. The van der Waals surface area contributed by atoms with Gasteiger partial charge in [0, 0.05) is 41.3 Å². The summed E-state index contributed by atoms with van der Waals surface area (Å²) < 4.78 is 5.41. The molecule has 9 nitrogen and oxygen atoms in total. The van der Waals surface area contributed by atoms with Crippen LogP contribution in [0.2, 0.25) is 0 Å². The molecule has 2 unspecified atom stereocenters. The van der Waals surface area contributed by atoms with Gasteiger partial charge in [0.1, 0.15) is 11.3 Å². The second-order valence-electron chi connectivity index (χ2n) is 6.92. The predicted molar refractivity (Wildman–Crippen MR) is 120 cm³/mol. The topological polar surface area (TPSA) is 117 Å². The molecule has 2 atom stereocenters. The van der Waals surface area contributed by atoms with Gasteiger partial charge in [0.2, 0.25) is 16.9 Å². The van der Waals surface area contributed by atoms with Crippen LogP contribution in [0.15, 0.2) is 63.7 Å². The van der Waals surface area contributed by atoms with Crippen LogP contribution in [0.25, 0.3) is 22.0 Å². The van der Waals surface area contributed by atoms with E-state index < -0.39 is 0 Å². The van der Waals surface area contributed by atoms with Crippen molar-refractivity contribution in [2.45, 2.75) is 12.3 Å². The Labute approximate surface area is 185 Å². The standard InChI is InChI=1S/C20H16ClN7O2S/c1-10(29)24-13-7-11(18-22-4-5-30-18)6-12(8-13)19-27-28-20(31-19)25-16-3-2-15-14(17(16)21)9-23-26-15/h2-9,14,17,26H,1H3,(H,24,29)(H,25,28). The van der Waals surface area contributed by atoms with Gasteiger partial charge >= 0.3 is 0 Å². The number of aromatic nitrogens is 3. The highest BCUT2D eigenvalue weighted by Gasteiger charge is 2.31. The van der Waals surface area contributed by atoms with E-state index >= 15 is 0 Å². The number of allylic oxidation sites excluding steroid dienone is 4. The Morgan fingerprint density at radius 1 is 1.23 bits per heavy atom. The molecule has 1 aromatic carbocycles. The summed E-state index contributed by atoms with van der Waals surface area (Å²) in [5.74, 6) is 0.271. The fourth-order valence-electron chi connectivity index (χ4n) is 3.33. The lowest BCUT2D eigenvalue weighted by atomic mass is 9.96. The number of nitrogens with zero attached hydrogens (tertiary/aromatic N) is 4. The molecule has 1 aliphatic heterocycles. The van der Waals surface area contributed by atoms with Gasteiger partial charge in [-0.2, -0.15) is 5.10 Å². The van der Waals surface area contributed by atoms with Crippen molar-refractivity contribution in [2.75, 3.05) is 10.6 Å². The van der Waals surface area contributed by atoms with E-state index in [4.69, 9.17) is 16.0 Å². The van der Waals surface area contributed by atoms with Gasteiger partial charge in [0.05, 0.1) is 17.5 Å². The van der Waals surface area contributed by atoms with Crippen LogP contribution in [-0.2, 0) is 4.79 Å². The molecule has 3 N–H and O–H groups in total. The summed E-state index contributed by atoms with van der Waals surface area (Å²) in [5, 5.41) is 19.7. The maximum Gasteiger partial charge on any atom is 0.225 e. The molecule has 3 heterocycles. The van der Waals surface area contributed by atoms with Crippen molar-refractivity contribution in [1.82, 2.24) is 20.6 Å². The lowest BCUT2D eigenvalue weighted by Crippen LogP contribution is -2.27. The zero-order chi connectivity index (χ0) is 21.4. The summed E-state index contributed by atoms with van der Waals surface area (Å²) in [6.07, 6.45) is 8.71. The van der Waals surface area contributed by atoms with Crippen molar-refractivity contribution in [3.8, 4) is 22.0 Å². The molecule has 1 amide bonds. The Kier molecular flexibility index (Phi) is 5.00. The predicted octanol–water partition coefficient (Wildman–Crippen LogP) is 3.82. The fraction of sp³-hybridized carbons (Fsp3) is 0.150.